The molecule has 1 N–H and O–H groups in total. The molecule has 0 aliphatic heterocycles. The van der Waals surface area contributed by atoms with Crippen molar-refractivity contribution in [3.8, 4) is 0 Å². The second-order valence-corrected chi connectivity index (χ2v) is 5.02. The summed E-state index contributed by atoms with van der Waals surface area (Å²) in [6, 6.07) is 7.46. The molecule has 0 radical (unpaired) electrons. The molecule has 1 nitrogen and oxygen atoms in total. The van der Waals surface area contributed by atoms with Gasteiger partial charge in [-0.1, -0.05) is 52.8 Å². The SMILES string of the molecule is CCNC(c1cc(CC)ccc1CC)C(C)C. The first-order valence-electron chi connectivity index (χ1n) is 6.99. The first-order chi connectivity index (χ1) is 8.13. The van der Waals surface area contributed by atoms with Gasteiger partial charge in [0, 0.05) is 6.04 Å². The molecule has 0 aliphatic carbocycles. The minimum atomic E-state index is 0.487. The Balaban J connectivity index is 3.13. The Labute approximate surface area is 107 Å². The average Bonchev–Trinajstić information content (AvgIpc) is 2.34. The van der Waals surface area contributed by atoms with E-state index in [0.29, 0.717) is 12.0 Å². The van der Waals surface area contributed by atoms with E-state index in [1.807, 2.05) is 0 Å². The van der Waals surface area contributed by atoms with Gasteiger partial charge in [-0.2, -0.15) is 0 Å². The van der Waals surface area contributed by atoms with Gasteiger partial charge in [0.25, 0.3) is 0 Å². The maximum atomic E-state index is 3.62. The van der Waals surface area contributed by atoms with Crippen molar-refractivity contribution in [2.45, 2.75) is 53.5 Å². The van der Waals surface area contributed by atoms with Crippen molar-refractivity contribution in [3.63, 3.8) is 0 Å². The van der Waals surface area contributed by atoms with Crippen molar-refractivity contribution >= 4 is 0 Å². The minimum Gasteiger partial charge on any atom is -0.310 e. The van der Waals surface area contributed by atoms with Gasteiger partial charge in [0.1, 0.15) is 0 Å². The Morgan fingerprint density at radius 3 is 2.24 bits per heavy atom. The quantitative estimate of drug-likeness (QED) is 0.779. The lowest BCUT2D eigenvalue weighted by Gasteiger charge is -2.25. The smallest absolute Gasteiger partial charge is 0.0346 e. The number of benzene rings is 1. The number of nitrogens with one attached hydrogen (secondary N) is 1. The van der Waals surface area contributed by atoms with Crippen molar-refractivity contribution in [1.82, 2.24) is 5.32 Å². The molecule has 17 heavy (non-hydrogen) atoms. The predicted molar refractivity (Wildman–Crippen MR) is 76.5 cm³/mol. The van der Waals surface area contributed by atoms with Crippen LogP contribution in [0.5, 0.6) is 0 Å². The van der Waals surface area contributed by atoms with Gasteiger partial charge in [0.15, 0.2) is 0 Å². The standard InChI is InChI=1S/C16H27N/c1-6-13-9-10-14(7-2)15(11-13)16(12(4)5)17-8-3/h9-12,16-17H,6-8H2,1-5H3. The monoisotopic (exact) mass is 233 g/mol. The zero-order valence-electron chi connectivity index (χ0n) is 12.0. The van der Waals surface area contributed by atoms with Crippen molar-refractivity contribution < 1.29 is 0 Å². The molecule has 0 amide bonds. The van der Waals surface area contributed by atoms with E-state index in [4.69, 9.17) is 0 Å². The molecule has 96 valence electrons. The van der Waals surface area contributed by atoms with Crippen LogP contribution in [0.25, 0.3) is 0 Å². The van der Waals surface area contributed by atoms with E-state index >= 15 is 0 Å². The second-order valence-electron chi connectivity index (χ2n) is 5.02. The van der Waals surface area contributed by atoms with Crippen molar-refractivity contribution in [2.24, 2.45) is 5.92 Å². The zero-order chi connectivity index (χ0) is 12.8. The third kappa shape index (κ3) is 3.57. The van der Waals surface area contributed by atoms with E-state index in [1.54, 1.807) is 0 Å². The van der Waals surface area contributed by atoms with Crippen LogP contribution >= 0.6 is 0 Å². The van der Waals surface area contributed by atoms with E-state index in [1.165, 1.54) is 16.7 Å². The largest absolute Gasteiger partial charge is 0.310 e. The Hall–Kier alpha value is -0.820. The maximum absolute atomic E-state index is 3.62. The van der Waals surface area contributed by atoms with Crippen molar-refractivity contribution in [3.05, 3.63) is 34.9 Å². The van der Waals surface area contributed by atoms with Gasteiger partial charge in [0.2, 0.25) is 0 Å². The predicted octanol–water partition coefficient (Wildman–Crippen LogP) is 4.12. The molecule has 0 aromatic heterocycles. The Kier molecular flexibility index (Phi) is 5.70. The van der Waals surface area contributed by atoms with Crippen molar-refractivity contribution in [2.75, 3.05) is 6.54 Å². The number of hydrogen-bond acceptors (Lipinski definition) is 1. The van der Waals surface area contributed by atoms with E-state index in [9.17, 15) is 0 Å². The average molecular weight is 233 g/mol. The third-order valence-corrected chi connectivity index (χ3v) is 3.43. The van der Waals surface area contributed by atoms with Crippen LogP contribution in [0, 0.1) is 5.92 Å². The highest BCUT2D eigenvalue weighted by atomic mass is 14.9. The fourth-order valence-electron chi connectivity index (χ4n) is 2.40. The summed E-state index contributed by atoms with van der Waals surface area (Å²) < 4.78 is 0. The van der Waals surface area contributed by atoms with Crippen LogP contribution in [0.15, 0.2) is 18.2 Å². The molecule has 1 unspecified atom stereocenters. The lowest BCUT2D eigenvalue weighted by Crippen LogP contribution is -2.26. The Morgan fingerprint density at radius 2 is 1.76 bits per heavy atom. The van der Waals surface area contributed by atoms with Crippen molar-refractivity contribution in [1.29, 1.82) is 0 Å². The molecule has 0 spiro atoms. The Morgan fingerprint density at radius 1 is 1.06 bits per heavy atom. The van der Waals surface area contributed by atoms with Gasteiger partial charge < -0.3 is 5.32 Å². The molecule has 0 bridgehead atoms. The fourth-order valence-corrected chi connectivity index (χ4v) is 2.40. The Bertz CT molecular complexity index is 341. The van der Waals surface area contributed by atoms with Crippen LogP contribution in [0.2, 0.25) is 0 Å². The third-order valence-electron chi connectivity index (χ3n) is 3.43. The number of hydrogen-bond donors (Lipinski definition) is 1. The molecule has 0 saturated carbocycles. The molecule has 0 heterocycles. The van der Waals surface area contributed by atoms with Gasteiger partial charge in [-0.3, -0.25) is 0 Å². The highest BCUT2D eigenvalue weighted by Gasteiger charge is 2.17. The van der Waals surface area contributed by atoms with Gasteiger partial charge in [-0.15, -0.1) is 0 Å². The molecule has 0 aliphatic rings. The number of rotatable bonds is 6. The highest BCUT2D eigenvalue weighted by molar-refractivity contribution is 5.35. The molecule has 1 rings (SSSR count). The van der Waals surface area contributed by atoms with Crippen LogP contribution in [0.4, 0.5) is 0 Å². The lowest BCUT2D eigenvalue weighted by molar-refractivity contribution is 0.419. The van der Waals surface area contributed by atoms with E-state index in [2.05, 4.69) is 58.1 Å². The molecule has 1 aromatic carbocycles. The minimum absolute atomic E-state index is 0.487. The van der Waals surface area contributed by atoms with Crippen LogP contribution in [0.3, 0.4) is 0 Å². The topological polar surface area (TPSA) is 12.0 Å². The maximum Gasteiger partial charge on any atom is 0.0346 e. The number of aryl methyl sites for hydroxylation is 2. The van der Waals surface area contributed by atoms with Crippen LogP contribution in [-0.2, 0) is 12.8 Å². The molecule has 1 atom stereocenters. The summed E-state index contributed by atoms with van der Waals surface area (Å²) in [5, 5.41) is 3.62. The van der Waals surface area contributed by atoms with E-state index in [-0.39, 0.29) is 0 Å². The van der Waals surface area contributed by atoms with Crippen LogP contribution in [0.1, 0.15) is 57.4 Å². The van der Waals surface area contributed by atoms with E-state index < -0.39 is 0 Å². The summed E-state index contributed by atoms with van der Waals surface area (Å²) in [5.41, 5.74) is 4.44. The van der Waals surface area contributed by atoms with Gasteiger partial charge >= 0.3 is 0 Å². The van der Waals surface area contributed by atoms with Crippen LogP contribution < -0.4 is 5.32 Å². The lowest BCUT2D eigenvalue weighted by atomic mass is 9.89. The molecule has 0 fully saturated rings. The summed E-state index contributed by atoms with van der Waals surface area (Å²) in [5.74, 6) is 0.632. The van der Waals surface area contributed by atoms with E-state index in [0.717, 1.165) is 19.4 Å². The second kappa shape index (κ2) is 6.80. The first kappa shape index (κ1) is 14.2. The molecule has 1 aromatic rings. The zero-order valence-corrected chi connectivity index (χ0v) is 12.0. The van der Waals surface area contributed by atoms with Gasteiger partial charge in [-0.25, -0.2) is 0 Å². The fraction of sp³-hybridized carbons (Fsp3) is 0.625. The molecule has 1 heteroatoms. The summed E-state index contributed by atoms with van der Waals surface area (Å²) >= 11 is 0. The summed E-state index contributed by atoms with van der Waals surface area (Å²) in [4.78, 5) is 0. The molecular weight excluding hydrogens is 206 g/mol. The highest BCUT2D eigenvalue weighted by Crippen LogP contribution is 2.26. The van der Waals surface area contributed by atoms with Crippen LogP contribution in [-0.4, -0.2) is 6.54 Å². The van der Waals surface area contributed by atoms with Gasteiger partial charge in [-0.05, 0) is 42.0 Å². The normalized spacial score (nSPS) is 13.1. The summed E-state index contributed by atoms with van der Waals surface area (Å²) in [6.45, 7) is 12.3. The van der Waals surface area contributed by atoms with Gasteiger partial charge in [0.05, 0.1) is 0 Å². The molecule has 0 saturated heterocycles. The summed E-state index contributed by atoms with van der Waals surface area (Å²) in [7, 11) is 0. The summed E-state index contributed by atoms with van der Waals surface area (Å²) in [6.07, 6.45) is 2.24. The first-order valence-corrected chi connectivity index (χ1v) is 6.99. The molecular formula is C16H27N.